The second-order valence-electron chi connectivity index (χ2n) is 7.54. The average molecular weight is 410 g/mol. The molecule has 4 heterocycles. The molecular formula is C22H23N3O3S. The standard InChI is InChI=1S/C22H23N3O3S/c1-16-4-6-17(7-5-16)25-19(15-18(23-25)20-3-2-14-29-20)21(26)24-10-8-22(9-11-24)27-12-13-28-22/h2-7,14-15H,8-13H2,1H3. The Hall–Kier alpha value is -2.48. The Labute approximate surface area is 173 Å². The van der Waals surface area contributed by atoms with E-state index in [1.807, 2.05) is 59.7 Å². The van der Waals surface area contributed by atoms with Gasteiger partial charge in [0.05, 0.1) is 23.8 Å². The lowest BCUT2D eigenvalue weighted by Gasteiger charge is -2.37. The van der Waals surface area contributed by atoms with Crippen molar-refractivity contribution >= 4 is 17.2 Å². The maximum Gasteiger partial charge on any atom is 0.272 e. The minimum Gasteiger partial charge on any atom is -0.347 e. The van der Waals surface area contributed by atoms with Crippen molar-refractivity contribution < 1.29 is 14.3 Å². The van der Waals surface area contributed by atoms with E-state index in [0.29, 0.717) is 44.8 Å². The van der Waals surface area contributed by atoms with Crippen LogP contribution in [-0.2, 0) is 9.47 Å². The Morgan fingerprint density at radius 2 is 1.83 bits per heavy atom. The summed E-state index contributed by atoms with van der Waals surface area (Å²) in [6.45, 7) is 4.56. The highest BCUT2D eigenvalue weighted by atomic mass is 32.1. The molecule has 0 aliphatic carbocycles. The zero-order valence-corrected chi connectivity index (χ0v) is 17.2. The quantitative estimate of drug-likeness (QED) is 0.659. The third kappa shape index (κ3) is 3.50. The summed E-state index contributed by atoms with van der Waals surface area (Å²) in [6.07, 6.45) is 1.41. The number of carbonyl (C=O) groups is 1. The summed E-state index contributed by atoms with van der Waals surface area (Å²) in [4.78, 5) is 16.4. The Morgan fingerprint density at radius 3 is 2.48 bits per heavy atom. The topological polar surface area (TPSA) is 56.6 Å². The minimum absolute atomic E-state index is 0.00581. The van der Waals surface area contributed by atoms with E-state index in [1.54, 1.807) is 16.0 Å². The zero-order chi connectivity index (χ0) is 19.8. The van der Waals surface area contributed by atoms with E-state index in [9.17, 15) is 4.79 Å². The fourth-order valence-corrected chi connectivity index (χ4v) is 4.64. The van der Waals surface area contributed by atoms with Gasteiger partial charge in [-0.1, -0.05) is 23.8 Å². The van der Waals surface area contributed by atoms with Crippen molar-refractivity contribution in [2.75, 3.05) is 26.3 Å². The Morgan fingerprint density at radius 1 is 1.10 bits per heavy atom. The van der Waals surface area contributed by atoms with Gasteiger partial charge in [0.15, 0.2) is 5.79 Å². The molecule has 150 valence electrons. The highest BCUT2D eigenvalue weighted by molar-refractivity contribution is 7.13. The van der Waals surface area contributed by atoms with Gasteiger partial charge < -0.3 is 14.4 Å². The predicted octanol–water partition coefficient (Wildman–Crippen LogP) is 3.89. The maximum atomic E-state index is 13.4. The number of amides is 1. The van der Waals surface area contributed by atoms with Gasteiger partial charge in [0.25, 0.3) is 5.91 Å². The lowest BCUT2D eigenvalue weighted by Crippen LogP contribution is -2.47. The number of thiophene rings is 1. The summed E-state index contributed by atoms with van der Waals surface area (Å²) in [5.74, 6) is -0.496. The molecule has 1 aromatic carbocycles. The van der Waals surface area contributed by atoms with Crippen molar-refractivity contribution in [2.45, 2.75) is 25.6 Å². The normalized spacial score (nSPS) is 18.4. The summed E-state index contributed by atoms with van der Waals surface area (Å²) in [7, 11) is 0. The van der Waals surface area contributed by atoms with Crippen LogP contribution in [0.25, 0.3) is 16.3 Å². The number of rotatable bonds is 3. The van der Waals surface area contributed by atoms with Gasteiger partial charge in [0, 0.05) is 25.9 Å². The first-order valence-corrected chi connectivity index (χ1v) is 10.8. The molecule has 2 fully saturated rings. The van der Waals surface area contributed by atoms with Crippen LogP contribution in [0.15, 0.2) is 47.8 Å². The summed E-state index contributed by atoms with van der Waals surface area (Å²) >= 11 is 1.62. The second-order valence-corrected chi connectivity index (χ2v) is 8.49. The second kappa shape index (κ2) is 7.40. The van der Waals surface area contributed by atoms with E-state index in [0.717, 1.165) is 16.3 Å². The zero-order valence-electron chi connectivity index (χ0n) is 16.3. The van der Waals surface area contributed by atoms with Crippen LogP contribution >= 0.6 is 11.3 Å². The SMILES string of the molecule is Cc1ccc(-n2nc(-c3cccs3)cc2C(=O)N2CCC3(CC2)OCCO3)cc1. The highest BCUT2D eigenvalue weighted by Gasteiger charge is 2.41. The number of piperidine rings is 1. The van der Waals surface area contributed by atoms with Crippen LogP contribution in [0.1, 0.15) is 28.9 Å². The Balaban J connectivity index is 1.46. The number of aryl methyl sites for hydroxylation is 1. The molecule has 0 N–H and O–H groups in total. The van der Waals surface area contributed by atoms with Crippen LogP contribution in [0.5, 0.6) is 0 Å². The van der Waals surface area contributed by atoms with Crippen LogP contribution in [0, 0.1) is 6.92 Å². The van der Waals surface area contributed by atoms with Gasteiger partial charge in [-0.25, -0.2) is 4.68 Å². The molecule has 2 aromatic heterocycles. The van der Waals surface area contributed by atoms with E-state index in [-0.39, 0.29) is 5.91 Å². The molecule has 0 bridgehead atoms. The molecule has 0 unspecified atom stereocenters. The van der Waals surface area contributed by atoms with E-state index < -0.39 is 5.79 Å². The first-order valence-electron chi connectivity index (χ1n) is 9.92. The molecule has 0 atom stereocenters. The van der Waals surface area contributed by atoms with Gasteiger partial charge in [-0.15, -0.1) is 11.3 Å². The average Bonchev–Trinajstić information content (AvgIpc) is 3.49. The van der Waals surface area contributed by atoms with Crippen molar-refractivity contribution in [1.82, 2.24) is 14.7 Å². The van der Waals surface area contributed by atoms with Crippen LogP contribution in [0.4, 0.5) is 0 Å². The van der Waals surface area contributed by atoms with Crippen LogP contribution in [-0.4, -0.2) is 52.7 Å². The van der Waals surface area contributed by atoms with Crippen LogP contribution in [0.3, 0.4) is 0 Å². The molecule has 7 heteroatoms. The fraction of sp³-hybridized carbons (Fsp3) is 0.364. The largest absolute Gasteiger partial charge is 0.347 e. The van der Waals surface area contributed by atoms with Crippen molar-refractivity contribution in [2.24, 2.45) is 0 Å². The monoisotopic (exact) mass is 409 g/mol. The number of ether oxygens (including phenoxy) is 2. The molecule has 5 rings (SSSR count). The number of hydrogen-bond acceptors (Lipinski definition) is 5. The molecule has 6 nitrogen and oxygen atoms in total. The summed E-state index contributed by atoms with van der Waals surface area (Å²) in [5, 5.41) is 6.79. The first-order chi connectivity index (χ1) is 14.1. The molecular weight excluding hydrogens is 386 g/mol. The molecule has 3 aromatic rings. The molecule has 2 saturated heterocycles. The molecule has 0 radical (unpaired) electrons. The first kappa shape index (κ1) is 18.5. The van der Waals surface area contributed by atoms with Gasteiger partial charge in [-0.3, -0.25) is 4.79 Å². The van der Waals surface area contributed by atoms with Gasteiger partial charge in [0.1, 0.15) is 11.4 Å². The fourth-order valence-electron chi connectivity index (χ4n) is 3.96. The van der Waals surface area contributed by atoms with E-state index in [4.69, 9.17) is 14.6 Å². The maximum absolute atomic E-state index is 13.4. The number of nitrogens with zero attached hydrogens (tertiary/aromatic N) is 3. The van der Waals surface area contributed by atoms with E-state index in [2.05, 4.69) is 0 Å². The van der Waals surface area contributed by atoms with Crippen LogP contribution < -0.4 is 0 Å². The Kier molecular flexibility index (Phi) is 4.73. The van der Waals surface area contributed by atoms with Crippen molar-refractivity contribution in [3.05, 3.63) is 59.1 Å². The predicted molar refractivity (Wildman–Crippen MR) is 111 cm³/mol. The van der Waals surface area contributed by atoms with Gasteiger partial charge in [0.2, 0.25) is 0 Å². The third-order valence-electron chi connectivity index (χ3n) is 5.61. The van der Waals surface area contributed by atoms with Gasteiger partial charge >= 0.3 is 0 Å². The smallest absolute Gasteiger partial charge is 0.272 e. The number of hydrogen-bond donors (Lipinski definition) is 0. The minimum atomic E-state index is -0.490. The molecule has 1 amide bonds. The van der Waals surface area contributed by atoms with E-state index in [1.165, 1.54) is 5.56 Å². The van der Waals surface area contributed by atoms with Gasteiger partial charge in [-0.05, 0) is 36.6 Å². The molecule has 1 spiro atoms. The number of aromatic nitrogens is 2. The van der Waals surface area contributed by atoms with Crippen molar-refractivity contribution in [3.63, 3.8) is 0 Å². The highest BCUT2D eigenvalue weighted by Crippen LogP contribution is 2.32. The third-order valence-corrected chi connectivity index (χ3v) is 6.50. The van der Waals surface area contributed by atoms with Crippen molar-refractivity contribution in [1.29, 1.82) is 0 Å². The number of benzene rings is 1. The summed E-state index contributed by atoms with van der Waals surface area (Å²) in [5.41, 5.74) is 3.46. The van der Waals surface area contributed by atoms with Crippen LogP contribution in [0.2, 0.25) is 0 Å². The van der Waals surface area contributed by atoms with Crippen molar-refractivity contribution in [3.8, 4) is 16.3 Å². The van der Waals surface area contributed by atoms with E-state index >= 15 is 0 Å². The summed E-state index contributed by atoms with van der Waals surface area (Å²) in [6, 6.07) is 14.0. The number of likely N-dealkylation sites (tertiary alicyclic amines) is 1. The molecule has 2 aliphatic rings. The molecule has 2 aliphatic heterocycles. The lowest BCUT2D eigenvalue weighted by atomic mass is 10.0. The molecule has 29 heavy (non-hydrogen) atoms. The number of carbonyl (C=O) groups excluding carboxylic acids is 1. The lowest BCUT2D eigenvalue weighted by molar-refractivity contribution is -0.181. The molecule has 0 saturated carbocycles. The summed E-state index contributed by atoms with van der Waals surface area (Å²) < 4.78 is 13.4. The Bertz CT molecular complexity index is 995. The van der Waals surface area contributed by atoms with Gasteiger partial charge in [-0.2, -0.15) is 5.10 Å².